The van der Waals surface area contributed by atoms with Crippen LogP contribution in [0.2, 0.25) is 36.3 Å². The fraction of sp³-hybridized carbons (Fsp3) is 0.843. The van der Waals surface area contributed by atoms with Gasteiger partial charge >= 0.3 is 5.97 Å². The second-order valence-electron chi connectivity index (χ2n) is 23.3. The van der Waals surface area contributed by atoms with Gasteiger partial charge in [-0.05, 0) is 135 Å². The van der Waals surface area contributed by atoms with Crippen molar-refractivity contribution < 1.29 is 32.7 Å². The quantitative estimate of drug-likeness (QED) is 0.0771. The summed E-state index contributed by atoms with van der Waals surface area (Å²) in [7, 11) is -4.06. The van der Waals surface area contributed by atoms with E-state index < -0.39 is 28.5 Å². The minimum Gasteiger partial charge on any atom is -0.462 e. The lowest BCUT2D eigenvalue weighted by Crippen LogP contribution is -2.49. The summed E-state index contributed by atoms with van der Waals surface area (Å²) in [5, 5.41) is 0.233. The van der Waals surface area contributed by atoms with Crippen LogP contribution in [0, 0.1) is 28.6 Å². The van der Waals surface area contributed by atoms with E-state index in [0.29, 0.717) is 31.5 Å². The van der Waals surface area contributed by atoms with Crippen LogP contribution in [0.4, 0.5) is 0 Å². The Labute approximate surface area is 369 Å². The molecule has 0 aromatic heterocycles. The van der Waals surface area contributed by atoms with E-state index in [1.807, 2.05) is 0 Å². The average Bonchev–Trinajstić information content (AvgIpc) is 3.63. The Morgan fingerprint density at radius 1 is 0.917 bits per heavy atom. The van der Waals surface area contributed by atoms with Gasteiger partial charge in [-0.1, -0.05) is 99.5 Å². The minimum absolute atomic E-state index is 0.0422. The monoisotopic (exact) mass is 869 g/mol. The van der Waals surface area contributed by atoms with Crippen molar-refractivity contribution in [1.82, 2.24) is 0 Å². The highest BCUT2D eigenvalue weighted by atomic mass is 28.4. The molecule has 1 heterocycles. The third-order valence-corrected chi connectivity index (χ3v) is 26.2. The summed E-state index contributed by atoms with van der Waals surface area (Å²) in [4.78, 5) is 26.5. The number of esters is 1. The Kier molecular flexibility index (Phi) is 15.7. The summed E-state index contributed by atoms with van der Waals surface area (Å²) in [5.41, 5.74) is 3.94. The van der Waals surface area contributed by atoms with Crippen molar-refractivity contribution in [2.75, 3.05) is 13.2 Å². The van der Waals surface area contributed by atoms with Gasteiger partial charge in [-0.15, -0.1) is 0 Å². The number of hydrogen-bond acceptors (Lipinski definition) is 7. The van der Waals surface area contributed by atoms with Crippen molar-refractivity contribution in [2.24, 2.45) is 28.6 Å². The summed E-state index contributed by atoms with van der Waals surface area (Å²) in [6, 6.07) is 0. The van der Waals surface area contributed by atoms with Crippen LogP contribution >= 0.6 is 0 Å². The third-order valence-electron chi connectivity index (χ3n) is 17.1. The smallest absolute Gasteiger partial charge is 0.302 e. The predicted octanol–water partition coefficient (Wildman–Crippen LogP) is 13.6. The number of carbonyl (C=O) groups is 2. The summed E-state index contributed by atoms with van der Waals surface area (Å²) in [6.07, 6.45) is 19.8. The normalized spacial score (nSPS) is 30.7. The first kappa shape index (κ1) is 49.6. The number of rotatable bonds is 18. The van der Waals surface area contributed by atoms with Crippen molar-refractivity contribution in [2.45, 2.75) is 232 Å². The van der Waals surface area contributed by atoms with Gasteiger partial charge in [0.25, 0.3) is 0 Å². The molecule has 0 amide bonds. The predicted molar refractivity (Wildman–Crippen MR) is 251 cm³/mol. The maximum absolute atomic E-state index is 13.9. The first-order chi connectivity index (χ1) is 27.8. The SMILES string of the molecule is C=C1/C(=C\C=C2/CCC[C@]3(C)[C@@H]([C@H](C)C(CC(=O)CCC4(C5(CCCCC)OCCO5)CC4)OC(C)=O)CC[C@@H]23)C[C@@H](O[Si](C)(C)C(C)(C)C)C[C@@H]1O[Si](C)(C)C(C)(C)C. The molecular formula is C51H88O7Si2. The fourth-order valence-electron chi connectivity index (χ4n) is 11.2. The van der Waals surface area contributed by atoms with Crippen LogP contribution < -0.4 is 0 Å². The molecule has 0 spiro atoms. The number of allylic oxidation sites excluding steroid dienone is 3. The van der Waals surface area contributed by atoms with E-state index in [0.717, 1.165) is 95.5 Å². The lowest BCUT2D eigenvalue weighted by atomic mass is 9.60. The average molecular weight is 869 g/mol. The molecule has 1 unspecified atom stereocenters. The molecule has 4 saturated carbocycles. The zero-order valence-corrected chi connectivity index (χ0v) is 42.9. The zero-order valence-electron chi connectivity index (χ0n) is 40.9. The van der Waals surface area contributed by atoms with E-state index >= 15 is 0 Å². The van der Waals surface area contributed by atoms with E-state index in [4.69, 9.17) is 29.6 Å². The molecule has 7 nitrogen and oxygen atoms in total. The Bertz CT molecular complexity index is 1590. The number of ether oxygens (including phenoxy) is 3. The number of unbranched alkanes of at least 4 members (excludes halogenated alkanes) is 2. The highest BCUT2D eigenvalue weighted by molar-refractivity contribution is 6.74. The van der Waals surface area contributed by atoms with E-state index in [9.17, 15) is 9.59 Å². The highest BCUT2D eigenvalue weighted by Crippen LogP contribution is 2.63. The van der Waals surface area contributed by atoms with Gasteiger partial charge in [0.15, 0.2) is 22.4 Å². The van der Waals surface area contributed by atoms with Gasteiger partial charge in [0.2, 0.25) is 0 Å². The summed E-state index contributed by atoms with van der Waals surface area (Å²) in [5.74, 6) is 0.270. The Balaban J connectivity index is 1.31. The van der Waals surface area contributed by atoms with E-state index in [-0.39, 0.29) is 57.2 Å². The van der Waals surface area contributed by atoms with Crippen LogP contribution in [0.15, 0.2) is 35.5 Å². The molecule has 7 atom stereocenters. The van der Waals surface area contributed by atoms with E-state index in [2.05, 4.69) is 101 Å². The molecule has 1 saturated heterocycles. The largest absolute Gasteiger partial charge is 0.462 e. The number of carbonyl (C=O) groups excluding carboxylic acids is 2. The molecule has 0 N–H and O–H groups in total. The topological polar surface area (TPSA) is 80.3 Å². The Morgan fingerprint density at radius 2 is 1.55 bits per heavy atom. The molecule has 0 aromatic rings. The van der Waals surface area contributed by atoms with Crippen LogP contribution in [0.3, 0.4) is 0 Å². The molecule has 0 radical (unpaired) electrons. The molecule has 5 rings (SSSR count). The van der Waals surface area contributed by atoms with Crippen molar-refractivity contribution in [3.63, 3.8) is 0 Å². The molecule has 5 aliphatic rings. The van der Waals surface area contributed by atoms with Gasteiger partial charge in [-0.3, -0.25) is 9.59 Å². The number of fused-ring (bicyclic) bond motifs is 1. The summed E-state index contributed by atoms with van der Waals surface area (Å²) < 4.78 is 33.1. The number of Topliss-reactive ketones (excluding diaryl/α,β-unsaturated/α-hetero) is 1. The molecule has 0 aromatic carbocycles. The van der Waals surface area contributed by atoms with Crippen molar-refractivity contribution in [3.05, 3.63) is 35.5 Å². The highest BCUT2D eigenvalue weighted by Gasteiger charge is 2.62. The fourth-order valence-corrected chi connectivity index (χ4v) is 13.8. The van der Waals surface area contributed by atoms with Gasteiger partial charge in [0.1, 0.15) is 11.9 Å². The first-order valence-electron chi connectivity index (χ1n) is 24.2. The Hall–Kier alpha value is -1.37. The van der Waals surface area contributed by atoms with Crippen LogP contribution in [-0.2, 0) is 32.7 Å². The Morgan fingerprint density at radius 3 is 2.13 bits per heavy atom. The lowest BCUT2D eigenvalue weighted by Gasteiger charge is -2.46. The van der Waals surface area contributed by atoms with Crippen molar-refractivity contribution in [3.8, 4) is 0 Å². The van der Waals surface area contributed by atoms with E-state index in [1.165, 1.54) is 18.1 Å². The molecule has 4 aliphatic carbocycles. The summed E-state index contributed by atoms with van der Waals surface area (Å²) >= 11 is 0. The second-order valence-corrected chi connectivity index (χ2v) is 32.8. The molecule has 60 heavy (non-hydrogen) atoms. The van der Waals surface area contributed by atoms with E-state index in [1.54, 1.807) is 0 Å². The van der Waals surface area contributed by atoms with Crippen LogP contribution in [-0.4, -0.2) is 65.7 Å². The van der Waals surface area contributed by atoms with Crippen LogP contribution in [0.5, 0.6) is 0 Å². The third kappa shape index (κ3) is 10.9. The van der Waals surface area contributed by atoms with Gasteiger partial charge in [-0.2, -0.15) is 0 Å². The standard InChI is InChI=1S/C51H88O7Si2/c1-16-17-18-27-51(54-31-32-55-51)50(29-30-50)28-25-41(53)34-45(56-38(4)52)37(3)43-23-24-44-39(20-19-26-49(43,44)11)21-22-40-33-42(57-59(12,13)47(5,6)7)35-46(36(40)2)58-60(14,15)48(8,9)10/h21-22,37,42-46H,2,16-20,23-35H2,1,3-15H3/b39-21+,40-22-/t37-,42+,43+,44-,45?,46-,49+/m0/s1. The summed E-state index contributed by atoms with van der Waals surface area (Å²) in [6.45, 7) is 37.8. The molecule has 0 bridgehead atoms. The lowest BCUT2D eigenvalue weighted by molar-refractivity contribution is -0.213. The van der Waals surface area contributed by atoms with Gasteiger partial charge < -0.3 is 23.1 Å². The van der Waals surface area contributed by atoms with Gasteiger partial charge in [0.05, 0.1) is 25.4 Å². The molecule has 9 heteroatoms. The van der Waals surface area contributed by atoms with Crippen molar-refractivity contribution >= 4 is 28.4 Å². The van der Waals surface area contributed by atoms with Crippen LogP contribution in [0.1, 0.15) is 172 Å². The number of hydrogen-bond donors (Lipinski definition) is 0. The molecular weight excluding hydrogens is 781 g/mol. The molecule has 342 valence electrons. The minimum atomic E-state index is -2.06. The molecule has 1 aliphatic heterocycles. The number of ketones is 1. The zero-order chi connectivity index (χ0) is 44.5. The van der Waals surface area contributed by atoms with Crippen molar-refractivity contribution in [1.29, 1.82) is 0 Å². The van der Waals surface area contributed by atoms with Crippen LogP contribution in [0.25, 0.3) is 0 Å². The van der Waals surface area contributed by atoms with Gasteiger partial charge in [0, 0.05) is 38.0 Å². The first-order valence-corrected chi connectivity index (χ1v) is 30.0. The second kappa shape index (κ2) is 19.0. The molecule has 5 fully saturated rings. The maximum Gasteiger partial charge on any atom is 0.302 e. The van der Waals surface area contributed by atoms with Gasteiger partial charge in [-0.25, -0.2) is 0 Å². The maximum atomic E-state index is 13.9.